The Morgan fingerprint density at radius 3 is 2.39 bits per heavy atom. The molecular weight excluding hydrogens is 442 g/mol. The summed E-state index contributed by atoms with van der Waals surface area (Å²) in [4.78, 5) is 4.54. The molecule has 36 heavy (non-hydrogen) atoms. The van der Waals surface area contributed by atoms with Crippen LogP contribution < -0.4 is 10.2 Å². The lowest BCUT2D eigenvalue weighted by Gasteiger charge is -2.30. The molecule has 1 atom stereocenters. The van der Waals surface area contributed by atoms with Crippen LogP contribution in [0.1, 0.15) is 28.2 Å². The molecule has 174 valence electrons. The van der Waals surface area contributed by atoms with Gasteiger partial charge in [-0.25, -0.2) is 0 Å². The Kier molecular flexibility index (Phi) is 5.76. The van der Waals surface area contributed by atoms with E-state index in [4.69, 9.17) is 9.84 Å². The summed E-state index contributed by atoms with van der Waals surface area (Å²) in [6.45, 7) is 2.16. The van der Waals surface area contributed by atoms with Crippen molar-refractivity contribution in [2.75, 3.05) is 5.43 Å². The summed E-state index contributed by atoms with van der Waals surface area (Å²) in [6, 6.07) is 37.1. The van der Waals surface area contributed by atoms with E-state index in [1.807, 2.05) is 66.9 Å². The van der Waals surface area contributed by atoms with Gasteiger partial charge in [-0.1, -0.05) is 91.0 Å². The molecule has 1 aliphatic heterocycles. The fraction of sp³-hybridized carbons (Fsp3) is 0.0625. The number of fused-ring (bicyclic) bond motifs is 2. The number of benzene rings is 4. The Labute approximate surface area is 210 Å². The molecule has 0 aliphatic carbocycles. The van der Waals surface area contributed by atoms with Crippen LogP contribution in [0.4, 0.5) is 5.69 Å². The minimum absolute atomic E-state index is 0.0254. The molecule has 0 fully saturated rings. The predicted molar refractivity (Wildman–Crippen MR) is 147 cm³/mol. The van der Waals surface area contributed by atoms with Gasteiger partial charge in [-0.05, 0) is 36.2 Å². The van der Waals surface area contributed by atoms with E-state index in [1.54, 1.807) is 6.20 Å². The normalized spacial score (nSPS) is 15.1. The van der Waals surface area contributed by atoms with Gasteiger partial charge in [0.05, 0.1) is 17.4 Å². The zero-order chi connectivity index (χ0) is 24.3. The largest absolute Gasteiger partial charge is 0.456 e. The van der Waals surface area contributed by atoms with Gasteiger partial charge < -0.3 is 4.74 Å². The second-order valence-electron chi connectivity index (χ2n) is 8.83. The van der Waals surface area contributed by atoms with Crippen LogP contribution in [0, 0.1) is 6.92 Å². The van der Waals surface area contributed by atoms with E-state index in [9.17, 15) is 0 Å². The van der Waals surface area contributed by atoms with E-state index in [2.05, 4.69) is 65.9 Å². The highest BCUT2D eigenvalue weighted by Gasteiger charge is 2.31. The van der Waals surface area contributed by atoms with E-state index in [0.29, 0.717) is 0 Å². The molecular formula is C32H25N3O. The molecule has 0 spiro atoms. The summed E-state index contributed by atoms with van der Waals surface area (Å²) < 4.78 is 6.54. The molecule has 0 saturated heterocycles. The number of nitrogens with one attached hydrogen (secondary N) is 1. The lowest BCUT2D eigenvalue weighted by molar-refractivity contribution is 0.489. The maximum absolute atomic E-state index is 6.54. The van der Waals surface area contributed by atoms with Gasteiger partial charge in [-0.3, -0.25) is 10.4 Å². The number of rotatable bonds is 5. The zero-order valence-electron chi connectivity index (χ0n) is 19.9. The van der Waals surface area contributed by atoms with E-state index < -0.39 is 0 Å². The summed E-state index contributed by atoms with van der Waals surface area (Å²) in [5.41, 5.74) is 10.6. The van der Waals surface area contributed by atoms with Crippen LogP contribution in [0.3, 0.4) is 0 Å². The van der Waals surface area contributed by atoms with Crippen molar-refractivity contribution < 1.29 is 4.74 Å². The first kappa shape index (κ1) is 21.8. The second kappa shape index (κ2) is 9.51. The molecule has 2 heterocycles. The van der Waals surface area contributed by atoms with E-state index >= 15 is 0 Å². The van der Waals surface area contributed by atoms with Gasteiger partial charge >= 0.3 is 0 Å². The monoisotopic (exact) mass is 467 g/mol. The van der Waals surface area contributed by atoms with Crippen LogP contribution in [0.5, 0.6) is 5.75 Å². The van der Waals surface area contributed by atoms with Gasteiger partial charge in [0.25, 0.3) is 0 Å². The molecule has 1 aromatic heterocycles. The number of aryl methyl sites for hydroxylation is 1. The van der Waals surface area contributed by atoms with Crippen LogP contribution in [-0.2, 0) is 0 Å². The lowest BCUT2D eigenvalue weighted by atomic mass is 9.80. The van der Waals surface area contributed by atoms with Crippen LogP contribution in [0.15, 0.2) is 126 Å². The van der Waals surface area contributed by atoms with Crippen molar-refractivity contribution in [3.05, 3.63) is 143 Å². The molecule has 4 aromatic carbocycles. The smallest absolute Gasteiger partial charge is 0.140 e. The Bertz CT molecular complexity index is 1600. The van der Waals surface area contributed by atoms with E-state index in [0.717, 1.165) is 44.8 Å². The fourth-order valence-corrected chi connectivity index (χ4v) is 4.84. The number of ether oxygens (including phenoxy) is 1. The number of hydrazone groups is 1. The molecule has 1 N–H and O–H groups in total. The van der Waals surface area contributed by atoms with Crippen molar-refractivity contribution >= 4 is 28.6 Å². The molecule has 5 aromatic rings. The molecule has 0 unspecified atom stereocenters. The summed E-state index contributed by atoms with van der Waals surface area (Å²) >= 11 is 0. The lowest BCUT2D eigenvalue weighted by Crippen LogP contribution is -2.18. The molecule has 0 radical (unpaired) electrons. The van der Waals surface area contributed by atoms with Gasteiger partial charge in [0.15, 0.2) is 0 Å². The third kappa shape index (κ3) is 4.03. The van der Waals surface area contributed by atoms with Crippen molar-refractivity contribution in [1.29, 1.82) is 0 Å². The molecule has 0 amide bonds. The van der Waals surface area contributed by atoms with Crippen LogP contribution >= 0.6 is 0 Å². The second-order valence-corrected chi connectivity index (χ2v) is 8.83. The Morgan fingerprint density at radius 1 is 0.778 bits per heavy atom. The number of allylic oxidation sites excluding steroid dienone is 1. The van der Waals surface area contributed by atoms with Crippen LogP contribution in [0.2, 0.25) is 0 Å². The van der Waals surface area contributed by atoms with Crippen molar-refractivity contribution in [3.8, 4) is 5.75 Å². The van der Waals surface area contributed by atoms with Gasteiger partial charge in [0.2, 0.25) is 0 Å². The molecule has 0 saturated carbocycles. The van der Waals surface area contributed by atoms with Crippen molar-refractivity contribution in [2.45, 2.75) is 12.8 Å². The molecule has 4 nitrogen and oxygen atoms in total. The fourth-order valence-electron chi connectivity index (χ4n) is 4.84. The molecule has 0 bridgehead atoms. The number of aromatic nitrogens is 1. The summed E-state index contributed by atoms with van der Waals surface area (Å²) in [7, 11) is 0. The number of pyridine rings is 1. The standard InChI is InChI=1S/C32H25N3O/c1-22-11-5-6-16-25(22)30-26-17-7-8-19-29(26)36-32(24-12-3-2-4-13-24)27(30)21-34-35-28-18-9-14-23-15-10-20-33-31(23)28/h2-21,30,35H,1H3/t30-/m1/s1. The molecule has 4 heteroatoms. The number of nitrogens with zero attached hydrogens (tertiary/aromatic N) is 2. The van der Waals surface area contributed by atoms with E-state index in [-0.39, 0.29) is 5.92 Å². The van der Waals surface area contributed by atoms with Crippen LogP contribution in [-0.4, -0.2) is 11.2 Å². The maximum Gasteiger partial charge on any atom is 0.140 e. The Morgan fingerprint density at radius 2 is 1.53 bits per heavy atom. The highest BCUT2D eigenvalue weighted by Crippen LogP contribution is 2.45. The highest BCUT2D eigenvalue weighted by atomic mass is 16.5. The first-order chi connectivity index (χ1) is 17.8. The maximum atomic E-state index is 6.54. The van der Waals surface area contributed by atoms with Crippen LogP contribution in [0.25, 0.3) is 16.7 Å². The van der Waals surface area contributed by atoms with Gasteiger partial charge in [-0.15, -0.1) is 0 Å². The third-order valence-corrected chi connectivity index (χ3v) is 6.57. The zero-order valence-corrected chi connectivity index (χ0v) is 19.9. The Hall–Kier alpha value is -4.70. The summed E-state index contributed by atoms with van der Waals surface area (Å²) in [6.07, 6.45) is 3.70. The third-order valence-electron chi connectivity index (χ3n) is 6.57. The average molecular weight is 468 g/mol. The SMILES string of the molecule is Cc1ccccc1[C@H]1C(C=NNc2cccc3cccnc23)=C(c2ccccc2)Oc2ccccc21. The summed E-state index contributed by atoms with van der Waals surface area (Å²) in [5, 5.41) is 5.78. The van der Waals surface area contributed by atoms with Gasteiger partial charge in [-0.2, -0.15) is 5.10 Å². The number of para-hydroxylation sites is 2. The number of hydrogen-bond donors (Lipinski definition) is 1. The number of hydrogen-bond acceptors (Lipinski definition) is 4. The highest BCUT2D eigenvalue weighted by molar-refractivity contribution is 5.95. The number of anilines is 1. The predicted octanol–water partition coefficient (Wildman–Crippen LogP) is 7.58. The van der Waals surface area contributed by atoms with Gasteiger partial charge in [0, 0.05) is 34.2 Å². The minimum Gasteiger partial charge on any atom is -0.456 e. The van der Waals surface area contributed by atoms with E-state index in [1.165, 1.54) is 11.1 Å². The van der Waals surface area contributed by atoms with Crippen molar-refractivity contribution in [3.63, 3.8) is 0 Å². The molecule has 6 rings (SSSR count). The Balaban J connectivity index is 1.50. The topological polar surface area (TPSA) is 46.5 Å². The quantitative estimate of drug-likeness (QED) is 0.214. The van der Waals surface area contributed by atoms with Gasteiger partial charge in [0.1, 0.15) is 11.5 Å². The first-order valence-corrected chi connectivity index (χ1v) is 12.0. The summed E-state index contributed by atoms with van der Waals surface area (Å²) in [5.74, 6) is 1.65. The average Bonchev–Trinajstić information content (AvgIpc) is 2.94. The first-order valence-electron chi connectivity index (χ1n) is 12.0. The van der Waals surface area contributed by atoms with Crippen molar-refractivity contribution in [2.24, 2.45) is 5.10 Å². The minimum atomic E-state index is -0.0254. The van der Waals surface area contributed by atoms with Crippen molar-refractivity contribution in [1.82, 2.24) is 4.98 Å². The molecule has 1 aliphatic rings.